The van der Waals surface area contributed by atoms with Crippen LogP contribution < -0.4 is 5.43 Å². The molecule has 9 heteroatoms. The quantitative estimate of drug-likeness (QED) is 0.202. The van der Waals surface area contributed by atoms with Gasteiger partial charge in [0.05, 0.1) is 4.90 Å². The minimum atomic E-state index is -4.87. The summed E-state index contributed by atoms with van der Waals surface area (Å²) in [6.45, 7) is 8.33. The van der Waals surface area contributed by atoms with Gasteiger partial charge < -0.3 is 0 Å². The van der Waals surface area contributed by atoms with Gasteiger partial charge in [0.15, 0.2) is 15.5 Å². The highest BCUT2D eigenvalue weighted by molar-refractivity contribution is 7.90. The maximum atomic E-state index is 14.0. The molecule has 0 saturated heterocycles. The Morgan fingerprint density at radius 2 is 1.55 bits per heavy atom. The first-order valence-electron chi connectivity index (χ1n) is 8.84. The first-order chi connectivity index (χ1) is 14.3. The van der Waals surface area contributed by atoms with Crippen LogP contribution in [0, 0.1) is 5.82 Å². The third-order valence-corrected chi connectivity index (χ3v) is 5.41. The van der Waals surface area contributed by atoms with Crippen molar-refractivity contribution in [1.82, 2.24) is 5.43 Å². The first kappa shape index (κ1) is 24.1. The van der Waals surface area contributed by atoms with Crippen molar-refractivity contribution in [2.24, 2.45) is 5.10 Å². The van der Waals surface area contributed by atoms with Gasteiger partial charge in [-0.2, -0.15) is 18.3 Å². The van der Waals surface area contributed by atoms with E-state index in [9.17, 15) is 26.0 Å². The highest BCUT2D eigenvalue weighted by Gasteiger charge is 2.40. The molecule has 0 heterocycles. The van der Waals surface area contributed by atoms with Gasteiger partial charge in [-0.1, -0.05) is 37.4 Å². The molecule has 31 heavy (non-hydrogen) atoms. The van der Waals surface area contributed by atoms with E-state index < -0.39 is 27.5 Å². The van der Waals surface area contributed by atoms with Gasteiger partial charge in [0.2, 0.25) is 0 Å². The molecular formula is C22H20F4N2O2S. The van der Waals surface area contributed by atoms with Crippen molar-refractivity contribution < 1.29 is 26.0 Å². The van der Waals surface area contributed by atoms with Gasteiger partial charge in [0.25, 0.3) is 0 Å². The van der Waals surface area contributed by atoms with E-state index in [0.29, 0.717) is 5.56 Å². The Hall–Kier alpha value is -3.20. The number of nitrogens with one attached hydrogen (secondary N) is 1. The summed E-state index contributed by atoms with van der Waals surface area (Å²) in [7, 11) is -3.47. The Balaban J connectivity index is 2.78. The van der Waals surface area contributed by atoms with Crippen molar-refractivity contribution in [2.45, 2.75) is 18.0 Å². The van der Waals surface area contributed by atoms with Gasteiger partial charge in [-0.05, 0) is 54.0 Å². The molecular weight excluding hydrogens is 432 g/mol. The SMILES string of the molecule is C=CC(=C)N/N=C(\C(=C(/C)c1ccc(S(C)(=O)=O)cc1)c1ccc(F)cc1)C(F)(F)F. The molecule has 2 rings (SSSR count). The Labute approximate surface area is 178 Å². The standard InChI is InChI=1S/C22H20F4N2O2S/c1-5-14(2)27-28-21(22(24,25)26)20(17-6-10-18(23)11-7-17)15(3)16-8-12-19(13-9-16)31(4,29)30/h5-13,27H,1-2H2,3-4H3/b20-15+,28-21+. The Bertz CT molecular complexity index is 1150. The third kappa shape index (κ3) is 6.14. The van der Waals surface area contributed by atoms with E-state index in [1.165, 1.54) is 49.4 Å². The fourth-order valence-corrected chi connectivity index (χ4v) is 3.31. The lowest BCUT2D eigenvalue weighted by molar-refractivity contribution is -0.0574. The largest absolute Gasteiger partial charge is 0.435 e. The lowest BCUT2D eigenvalue weighted by Crippen LogP contribution is -2.27. The summed E-state index contributed by atoms with van der Waals surface area (Å²) in [6, 6.07) is 9.92. The number of benzene rings is 2. The predicted molar refractivity (Wildman–Crippen MR) is 114 cm³/mol. The number of nitrogens with zero attached hydrogens (tertiary/aromatic N) is 1. The molecule has 0 spiro atoms. The number of halogens is 4. The molecule has 2 aromatic rings. The minimum Gasteiger partial charge on any atom is -0.279 e. The van der Waals surface area contributed by atoms with E-state index in [-0.39, 0.29) is 27.3 Å². The van der Waals surface area contributed by atoms with Gasteiger partial charge in [-0.15, -0.1) is 0 Å². The van der Waals surface area contributed by atoms with Crippen LogP contribution in [0.2, 0.25) is 0 Å². The summed E-state index contributed by atoms with van der Waals surface area (Å²) < 4.78 is 78.7. The van der Waals surface area contributed by atoms with Crippen molar-refractivity contribution in [2.75, 3.05) is 6.26 Å². The van der Waals surface area contributed by atoms with Gasteiger partial charge in [0.1, 0.15) is 5.82 Å². The lowest BCUT2D eigenvalue weighted by atomic mass is 9.92. The van der Waals surface area contributed by atoms with Crippen LogP contribution in [0.5, 0.6) is 0 Å². The summed E-state index contributed by atoms with van der Waals surface area (Å²) in [5, 5.41) is 3.49. The minimum absolute atomic E-state index is 0.0287. The summed E-state index contributed by atoms with van der Waals surface area (Å²) in [4.78, 5) is 0.0287. The summed E-state index contributed by atoms with van der Waals surface area (Å²) in [5.41, 5.74) is 1.27. The molecule has 0 aliphatic carbocycles. The average Bonchev–Trinajstić information content (AvgIpc) is 2.70. The van der Waals surface area contributed by atoms with E-state index in [1.54, 1.807) is 0 Å². The number of hydrogen-bond donors (Lipinski definition) is 1. The second-order valence-corrected chi connectivity index (χ2v) is 8.62. The van der Waals surface area contributed by atoms with Crippen LogP contribution in [0.4, 0.5) is 17.6 Å². The predicted octanol–water partition coefficient (Wildman–Crippen LogP) is 5.37. The highest BCUT2D eigenvalue weighted by atomic mass is 32.2. The normalized spacial score (nSPS) is 13.4. The monoisotopic (exact) mass is 452 g/mol. The van der Waals surface area contributed by atoms with Crippen molar-refractivity contribution in [3.8, 4) is 0 Å². The second-order valence-electron chi connectivity index (χ2n) is 6.60. The number of hydrazone groups is 1. The first-order valence-corrected chi connectivity index (χ1v) is 10.7. The van der Waals surface area contributed by atoms with E-state index in [0.717, 1.165) is 18.4 Å². The Kier molecular flexibility index (Phi) is 7.22. The smallest absolute Gasteiger partial charge is 0.279 e. The van der Waals surface area contributed by atoms with E-state index in [1.807, 2.05) is 0 Å². The lowest BCUT2D eigenvalue weighted by Gasteiger charge is -2.18. The van der Waals surface area contributed by atoms with Gasteiger partial charge >= 0.3 is 6.18 Å². The fraction of sp³-hybridized carbons (Fsp3) is 0.136. The van der Waals surface area contributed by atoms with Crippen LogP contribution in [0.3, 0.4) is 0 Å². The molecule has 0 bridgehead atoms. The highest BCUT2D eigenvalue weighted by Crippen LogP contribution is 2.34. The van der Waals surface area contributed by atoms with Crippen LogP contribution in [-0.4, -0.2) is 26.6 Å². The average molecular weight is 452 g/mol. The molecule has 0 unspecified atom stereocenters. The molecule has 0 aliphatic heterocycles. The second kappa shape index (κ2) is 9.30. The van der Waals surface area contributed by atoms with Crippen LogP contribution in [0.15, 0.2) is 83.5 Å². The summed E-state index contributed by atoms with van der Waals surface area (Å²) in [5.74, 6) is -0.609. The molecule has 164 valence electrons. The summed E-state index contributed by atoms with van der Waals surface area (Å²) >= 11 is 0. The van der Waals surface area contributed by atoms with Crippen LogP contribution in [-0.2, 0) is 9.84 Å². The maximum absolute atomic E-state index is 14.0. The number of alkyl halides is 3. The van der Waals surface area contributed by atoms with E-state index >= 15 is 0 Å². The molecule has 1 N–H and O–H groups in total. The van der Waals surface area contributed by atoms with Gasteiger partial charge in [-0.25, -0.2) is 12.8 Å². The van der Waals surface area contributed by atoms with Crippen molar-refractivity contribution in [1.29, 1.82) is 0 Å². The number of allylic oxidation sites excluding steroid dienone is 3. The van der Waals surface area contributed by atoms with Crippen LogP contribution >= 0.6 is 0 Å². The molecule has 0 amide bonds. The summed E-state index contributed by atoms with van der Waals surface area (Å²) in [6.07, 6.45) is -2.64. The molecule has 0 aromatic heterocycles. The molecule has 0 saturated carbocycles. The van der Waals surface area contributed by atoms with E-state index in [2.05, 4.69) is 23.7 Å². The van der Waals surface area contributed by atoms with E-state index in [4.69, 9.17) is 0 Å². The van der Waals surface area contributed by atoms with Crippen molar-refractivity contribution >= 4 is 26.7 Å². The zero-order valence-corrected chi connectivity index (χ0v) is 17.6. The van der Waals surface area contributed by atoms with Crippen molar-refractivity contribution in [3.63, 3.8) is 0 Å². The topological polar surface area (TPSA) is 58.5 Å². The molecule has 0 radical (unpaired) electrons. The Morgan fingerprint density at radius 3 is 2.00 bits per heavy atom. The molecule has 0 atom stereocenters. The van der Waals surface area contributed by atoms with Crippen LogP contribution in [0.25, 0.3) is 11.1 Å². The zero-order valence-electron chi connectivity index (χ0n) is 16.8. The maximum Gasteiger partial charge on any atom is 0.435 e. The molecule has 0 fully saturated rings. The number of rotatable bonds is 7. The number of sulfone groups is 1. The zero-order chi connectivity index (χ0) is 23.4. The molecule has 0 aliphatic rings. The van der Waals surface area contributed by atoms with Crippen molar-refractivity contribution in [3.05, 3.63) is 90.4 Å². The molecule has 4 nitrogen and oxygen atoms in total. The van der Waals surface area contributed by atoms with Gasteiger partial charge in [-0.3, -0.25) is 5.43 Å². The molecule has 2 aromatic carbocycles. The Morgan fingerprint density at radius 1 is 1.03 bits per heavy atom. The number of hydrogen-bond acceptors (Lipinski definition) is 4. The fourth-order valence-electron chi connectivity index (χ4n) is 2.68. The third-order valence-electron chi connectivity index (χ3n) is 4.29. The van der Waals surface area contributed by atoms with Gasteiger partial charge in [0, 0.05) is 17.5 Å². The van der Waals surface area contributed by atoms with Crippen LogP contribution in [0.1, 0.15) is 18.1 Å².